The number of carbonyl (C=O) groups is 2. The molecule has 3 heterocycles. The Balaban J connectivity index is 1.84. The highest BCUT2D eigenvalue weighted by molar-refractivity contribution is 7.09. The number of hydrogen-bond donors (Lipinski definition) is 2. The lowest BCUT2D eigenvalue weighted by atomic mass is 9.73. The predicted molar refractivity (Wildman–Crippen MR) is 149 cm³/mol. The highest BCUT2D eigenvalue weighted by Gasteiger charge is 2.53. The van der Waals surface area contributed by atoms with Crippen molar-refractivity contribution in [1.82, 2.24) is 9.88 Å². The van der Waals surface area contributed by atoms with Gasteiger partial charge < -0.3 is 24.6 Å². The number of carbonyl (C=O) groups excluding carboxylic acids is 2. The molecule has 38 heavy (non-hydrogen) atoms. The van der Waals surface area contributed by atoms with Gasteiger partial charge in [0, 0.05) is 24.3 Å². The van der Waals surface area contributed by atoms with Gasteiger partial charge in [0.05, 0.1) is 41.4 Å². The van der Waals surface area contributed by atoms with Crippen LogP contribution in [0.3, 0.4) is 0 Å². The highest BCUT2D eigenvalue weighted by Crippen LogP contribution is 2.45. The Morgan fingerprint density at radius 2 is 1.92 bits per heavy atom. The van der Waals surface area contributed by atoms with Gasteiger partial charge in [-0.2, -0.15) is 0 Å². The highest BCUT2D eigenvalue weighted by atomic mass is 32.1. The van der Waals surface area contributed by atoms with Crippen LogP contribution in [0.25, 0.3) is 6.08 Å². The molecule has 2 fully saturated rings. The van der Waals surface area contributed by atoms with Crippen LogP contribution in [-0.2, 0) is 25.6 Å². The molecule has 2 aliphatic heterocycles. The molecule has 0 bridgehead atoms. The Morgan fingerprint density at radius 3 is 2.58 bits per heavy atom. The molecule has 8 nitrogen and oxygen atoms in total. The van der Waals surface area contributed by atoms with Gasteiger partial charge >= 0.3 is 5.97 Å². The summed E-state index contributed by atoms with van der Waals surface area (Å²) in [4.78, 5) is 33.1. The third-order valence-corrected chi connectivity index (χ3v) is 9.16. The van der Waals surface area contributed by atoms with E-state index in [9.17, 15) is 19.8 Å². The number of hydrogen-bond acceptors (Lipinski definition) is 9. The minimum atomic E-state index is -1.24. The van der Waals surface area contributed by atoms with E-state index in [0.717, 1.165) is 42.1 Å². The molecule has 2 aliphatic rings. The summed E-state index contributed by atoms with van der Waals surface area (Å²) in [6.45, 7) is 11.7. The normalized spacial score (nSPS) is 35.6. The average Bonchev–Trinajstić information content (AvgIpc) is 3.24. The van der Waals surface area contributed by atoms with Crippen LogP contribution < -0.4 is 0 Å². The number of esters is 1. The van der Waals surface area contributed by atoms with Crippen molar-refractivity contribution in [3.63, 3.8) is 0 Å². The van der Waals surface area contributed by atoms with Crippen LogP contribution in [0.1, 0.15) is 84.3 Å². The number of aromatic nitrogens is 1. The third-order valence-electron chi connectivity index (χ3n) is 8.31. The molecular weight excluding hydrogens is 504 g/mol. The first kappa shape index (κ1) is 30.9. The van der Waals surface area contributed by atoms with Crippen molar-refractivity contribution in [2.45, 2.75) is 110 Å². The fourth-order valence-electron chi connectivity index (χ4n) is 5.35. The van der Waals surface area contributed by atoms with Gasteiger partial charge in [-0.15, -0.1) is 11.3 Å². The Morgan fingerprint density at radius 1 is 1.24 bits per heavy atom. The van der Waals surface area contributed by atoms with Crippen molar-refractivity contribution in [3.8, 4) is 0 Å². The summed E-state index contributed by atoms with van der Waals surface area (Å²) in [5.41, 5.74) is 0.155. The Labute approximate surface area is 231 Å². The molecule has 0 aliphatic carbocycles. The van der Waals surface area contributed by atoms with Crippen molar-refractivity contribution in [2.75, 3.05) is 14.1 Å². The summed E-state index contributed by atoms with van der Waals surface area (Å²) in [6.07, 6.45) is 1.93. The number of ketones is 1. The minimum absolute atomic E-state index is 0.0570. The Hall–Kier alpha value is -1.65. The van der Waals surface area contributed by atoms with E-state index in [-0.39, 0.29) is 29.8 Å². The average molecular weight is 551 g/mol. The largest absolute Gasteiger partial charge is 0.458 e. The van der Waals surface area contributed by atoms with Crippen molar-refractivity contribution >= 4 is 29.2 Å². The summed E-state index contributed by atoms with van der Waals surface area (Å²) in [6, 6.07) is 0. The van der Waals surface area contributed by atoms with Gasteiger partial charge in [-0.25, -0.2) is 4.98 Å². The standard InChI is InChI=1S/C29H46N2O6S/c1-17-10-9-11-29(6)23(37-29)13-21(18(2)12-20-16-38-24(30-20)15-31(7)8)36-25(33)14-22(32)28(4,5)27(35)19(3)26(17)34/h12,16-17,19,21-23,26,32,34H,9-11,13-15H2,1-8H3. The fraction of sp³-hybridized carbons (Fsp3) is 0.759. The second kappa shape index (κ2) is 12.3. The Bertz CT molecular complexity index is 1020. The van der Waals surface area contributed by atoms with Gasteiger partial charge in [-0.3, -0.25) is 9.59 Å². The summed E-state index contributed by atoms with van der Waals surface area (Å²) >= 11 is 1.59. The van der Waals surface area contributed by atoms with Crippen LogP contribution in [0.4, 0.5) is 0 Å². The molecule has 0 saturated carbocycles. The zero-order valence-electron chi connectivity index (χ0n) is 24.2. The molecule has 9 heteroatoms. The minimum Gasteiger partial charge on any atom is -0.458 e. The van der Waals surface area contributed by atoms with E-state index < -0.39 is 35.6 Å². The summed E-state index contributed by atoms with van der Waals surface area (Å²) in [5.74, 6) is -1.56. The molecule has 3 rings (SSSR count). The number of cyclic esters (lactones) is 1. The van der Waals surface area contributed by atoms with Gasteiger partial charge in [0.25, 0.3) is 0 Å². The number of epoxide rings is 1. The van der Waals surface area contributed by atoms with Crippen molar-refractivity contribution in [2.24, 2.45) is 17.3 Å². The van der Waals surface area contributed by atoms with Crippen LogP contribution in [-0.4, -0.2) is 76.0 Å². The number of aliphatic hydroxyl groups is 2. The van der Waals surface area contributed by atoms with Gasteiger partial charge in [-0.1, -0.05) is 34.1 Å². The molecular formula is C29H46N2O6S. The van der Waals surface area contributed by atoms with E-state index in [0.29, 0.717) is 6.42 Å². The summed E-state index contributed by atoms with van der Waals surface area (Å²) in [7, 11) is 4.00. The first-order chi connectivity index (χ1) is 17.6. The van der Waals surface area contributed by atoms with E-state index in [2.05, 4.69) is 16.8 Å². The van der Waals surface area contributed by atoms with E-state index >= 15 is 0 Å². The topological polar surface area (TPSA) is 112 Å². The van der Waals surface area contributed by atoms with Crippen LogP contribution in [0.2, 0.25) is 0 Å². The van der Waals surface area contributed by atoms with Crippen molar-refractivity contribution in [3.05, 3.63) is 21.7 Å². The number of thiazole rings is 1. The number of ether oxygens (including phenoxy) is 2. The quantitative estimate of drug-likeness (QED) is 0.423. The molecule has 7 unspecified atom stereocenters. The molecule has 2 saturated heterocycles. The molecule has 7 atom stereocenters. The second-order valence-electron chi connectivity index (χ2n) is 12.4. The second-order valence-corrected chi connectivity index (χ2v) is 13.3. The number of Topliss-reactive ketones (excluding diaryl/α,β-unsaturated/α-hetero) is 1. The maximum absolute atomic E-state index is 13.3. The van der Waals surface area contributed by atoms with Crippen LogP contribution in [0.5, 0.6) is 0 Å². The van der Waals surface area contributed by atoms with Gasteiger partial charge in [0.1, 0.15) is 16.9 Å². The van der Waals surface area contributed by atoms with E-state index in [1.165, 1.54) is 0 Å². The first-order valence-electron chi connectivity index (χ1n) is 13.7. The number of nitrogens with zero attached hydrogens (tertiary/aromatic N) is 2. The number of rotatable bonds is 4. The summed E-state index contributed by atoms with van der Waals surface area (Å²) < 4.78 is 12.0. The van der Waals surface area contributed by atoms with E-state index in [1.54, 1.807) is 32.1 Å². The van der Waals surface area contributed by atoms with Crippen molar-refractivity contribution in [1.29, 1.82) is 0 Å². The van der Waals surface area contributed by atoms with Gasteiger partial charge in [0.2, 0.25) is 0 Å². The zero-order valence-corrected chi connectivity index (χ0v) is 25.0. The molecule has 0 aromatic carbocycles. The Kier molecular flexibility index (Phi) is 9.96. The monoisotopic (exact) mass is 550 g/mol. The molecule has 0 spiro atoms. The maximum atomic E-state index is 13.3. The van der Waals surface area contributed by atoms with Crippen LogP contribution in [0, 0.1) is 17.3 Å². The first-order valence-corrected chi connectivity index (χ1v) is 14.6. The zero-order chi connectivity index (χ0) is 28.4. The van der Waals surface area contributed by atoms with E-state index in [4.69, 9.17) is 9.47 Å². The molecule has 1 aromatic heterocycles. The number of fused-ring (bicyclic) bond motifs is 1. The summed E-state index contributed by atoms with van der Waals surface area (Å²) in [5, 5.41) is 24.8. The van der Waals surface area contributed by atoms with Gasteiger partial charge in [-0.05, 0) is 58.4 Å². The third kappa shape index (κ3) is 7.50. The fourth-order valence-corrected chi connectivity index (χ4v) is 6.22. The van der Waals surface area contributed by atoms with Crippen molar-refractivity contribution < 1.29 is 29.3 Å². The molecule has 0 radical (unpaired) electrons. The predicted octanol–water partition coefficient (Wildman–Crippen LogP) is 4.23. The SMILES string of the molecule is CC(=Cc1csc(CN(C)C)n1)C1CC2OC2(C)CCCC(C)C(O)C(C)C(=O)C(C)(C)C(O)CC(=O)O1. The maximum Gasteiger partial charge on any atom is 0.309 e. The molecule has 2 N–H and O–H groups in total. The lowest BCUT2D eigenvalue weighted by Crippen LogP contribution is -2.45. The van der Waals surface area contributed by atoms with Crippen LogP contribution >= 0.6 is 11.3 Å². The lowest BCUT2D eigenvalue weighted by molar-refractivity contribution is -0.154. The molecule has 1 aromatic rings. The lowest BCUT2D eigenvalue weighted by Gasteiger charge is -2.34. The van der Waals surface area contributed by atoms with Crippen LogP contribution in [0.15, 0.2) is 11.0 Å². The van der Waals surface area contributed by atoms with E-state index in [1.807, 2.05) is 39.4 Å². The van der Waals surface area contributed by atoms with Gasteiger partial charge in [0.15, 0.2) is 0 Å². The number of aliphatic hydroxyl groups excluding tert-OH is 2. The molecule has 0 amide bonds. The molecule has 214 valence electrons. The smallest absolute Gasteiger partial charge is 0.309 e.